The molecule has 3 atom stereocenters. The van der Waals surface area contributed by atoms with Gasteiger partial charge in [0, 0.05) is 41.3 Å². The molecule has 0 saturated carbocycles. The van der Waals surface area contributed by atoms with Gasteiger partial charge < -0.3 is 34.8 Å². The predicted molar refractivity (Wildman–Crippen MR) is 198 cm³/mol. The van der Waals surface area contributed by atoms with Gasteiger partial charge in [-0.2, -0.15) is 0 Å². The van der Waals surface area contributed by atoms with Crippen molar-refractivity contribution in [1.29, 1.82) is 0 Å². The van der Waals surface area contributed by atoms with Gasteiger partial charge in [-0.3, -0.25) is 14.4 Å². The molecule has 2 aliphatic heterocycles. The second-order valence-electron chi connectivity index (χ2n) is 13.4. The van der Waals surface area contributed by atoms with Crippen molar-refractivity contribution in [3.8, 4) is 33.8 Å². The van der Waals surface area contributed by atoms with Gasteiger partial charge in [-0.05, 0) is 54.5 Å². The first-order valence-electron chi connectivity index (χ1n) is 17.7. The van der Waals surface area contributed by atoms with Crippen LogP contribution >= 0.6 is 0 Å². The summed E-state index contributed by atoms with van der Waals surface area (Å²) in [4.78, 5) is 73.9. The average molecular weight is 711 g/mol. The number of nitrogens with zero attached hydrogens (tertiary/aromatic N) is 4. The topological polar surface area (TPSA) is 169 Å². The number of carbonyl (C=O) groups is 3. The normalized spacial score (nSPS) is 17.6. The van der Waals surface area contributed by atoms with Crippen molar-refractivity contribution in [2.75, 3.05) is 20.2 Å². The lowest BCUT2D eigenvalue weighted by Crippen LogP contribution is -2.42. The van der Waals surface area contributed by atoms with E-state index in [1.54, 1.807) is 40.4 Å². The maximum atomic E-state index is 13.9. The van der Waals surface area contributed by atoms with E-state index in [4.69, 9.17) is 4.74 Å². The summed E-state index contributed by atoms with van der Waals surface area (Å²) in [6.07, 6.45) is 7.06. The molecule has 3 unspecified atom stereocenters. The highest BCUT2D eigenvalue weighted by atomic mass is 16.5. The first-order valence-corrected chi connectivity index (χ1v) is 17.7. The third-order valence-corrected chi connectivity index (χ3v) is 10.3. The number of ether oxygens (including phenoxy) is 1. The number of methoxy groups -OCH3 is 1. The fraction of sp³-hybridized carbons (Fsp3) is 0.250. The lowest BCUT2D eigenvalue weighted by molar-refractivity contribution is -0.134. The van der Waals surface area contributed by atoms with Gasteiger partial charge in [0.1, 0.15) is 17.7 Å². The van der Waals surface area contributed by atoms with Crippen molar-refractivity contribution in [3.05, 3.63) is 119 Å². The molecule has 3 aromatic carbocycles. The molecular weight excluding hydrogens is 672 g/mol. The Bertz CT molecular complexity index is 2350. The van der Waals surface area contributed by atoms with Crippen LogP contribution < -0.4 is 10.7 Å². The molecule has 0 aliphatic carbocycles. The molecule has 4 N–H and O–H groups in total. The lowest BCUT2D eigenvalue weighted by Gasteiger charge is -2.28. The standard InChI is InChI=1S/C40H38N8O5/c1-53-40(52)46-36(26-7-3-2-4-8-26)39(51)48-18-6-10-34(48)38-42-22-32(45-38)27-15-16-29-28(19-27)35(50)20-30(43-29)24-11-13-25(14-12-24)31-21-41-37(44-31)33-9-5-17-47(33)23-49/h2-4,7-8,11-16,19-23,33-34,36H,5-6,9-10,17-18H2,1H3,(H,41,44)(H,42,45)(H,43,50)(H,46,52). The smallest absolute Gasteiger partial charge is 0.407 e. The summed E-state index contributed by atoms with van der Waals surface area (Å²) in [6.45, 7) is 1.26. The molecule has 2 fully saturated rings. The number of imidazole rings is 2. The molecule has 2 saturated heterocycles. The van der Waals surface area contributed by atoms with E-state index in [9.17, 15) is 19.2 Å². The number of fused-ring (bicyclic) bond motifs is 1. The second-order valence-corrected chi connectivity index (χ2v) is 13.4. The minimum atomic E-state index is -0.906. The Balaban J connectivity index is 0.998. The first kappa shape index (κ1) is 33.6. The first-order chi connectivity index (χ1) is 25.9. The molecule has 2 aliphatic rings. The van der Waals surface area contributed by atoms with Crippen molar-refractivity contribution in [2.24, 2.45) is 0 Å². The molecule has 8 rings (SSSR count). The van der Waals surface area contributed by atoms with Gasteiger partial charge >= 0.3 is 6.09 Å². The number of nitrogens with one attached hydrogen (secondary N) is 4. The summed E-state index contributed by atoms with van der Waals surface area (Å²) in [6, 6.07) is 23.0. The van der Waals surface area contributed by atoms with E-state index in [2.05, 4.69) is 30.2 Å². The number of H-pyrrole nitrogens is 3. The minimum absolute atomic E-state index is 0.0242. The third kappa shape index (κ3) is 6.57. The Morgan fingerprint density at radius 1 is 0.811 bits per heavy atom. The zero-order valence-electron chi connectivity index (χ0n) is 29.0. The summed E-state index contributed by atoms with van der Waals surface area (Å²) < 4.78 is 4.81. The fourth-order valence-electron chi connectivity index (χ4n) is 7.50. The highest BCUT2D eigenvalue weighted by Crippen LogP contribution is 2.35. The minimum Gasteiger partial charge on any atom is -0.453 e. The molecule has 6 aromatic rings. The van der Waals surface area contributed by atoms with Crippen LogP contribution in [0.4, 0.5) is 4.79 Å². The van der Waals surface area contributed by atoms with Crippen molar-refractivity contribution >= 4 is 29.3 Å². The molecule has 0 bridgehead atoms. The van der Waals surface area contributed by atoms with Gasteiger partial charge in [-0.15, -0.1) is 0 Å². The SMILES string of the molecule is COC(=O)NC(C(=O)N1CCCC1c1ncc(-c2ccc3[nH]c(-c4ccc(-c5cnc(C6CCCN6C=O)[nH]5)cc4)cc(=O)c3c2)[nH]1)c1ccccc1. The van der Waals surface area contributed by atoms with E-state index in [1.807, 2.05) is 60.7 Å². The fourth-order valence-corrected chi connectivity index (χ4v) is 7.50. The Labute approximate surface area is 304 Å². The second kappa shape index (κ2) is 14.3. The van der Waals surface area contributed by atoms with Crippen LogP contribution in [0.15, 0.2) is 96.1 Å². The number of aromatic nitrogens is 5. The van der Waals surface area contributed by atoms with Crippen LogP contribution in [-0.4, -0.2) is 73.3 Å². The van der Waals surface area contributed by atoms with Crippen LogP contribution in [0.2, 0.25) is 0 Å². The Morgan fingerprint density at radius 2 is 1.45 bits per heavy atom. The van der Waals surface area contributed by atoms with Gasteiger partial charge in [-0.25, -0.2) is 14.8 Å². The van der Waals surface area contributed by atoms with Crippen LogP contribution in [0.5, 0.6) is 0 Å². The Morgan fingerprint density at radius 3 is 2.17 bits per heavy atom. The number of hydrogen-bond donors (Lipinski definition) is 4. The van der Waals surface area contributed by atoms with Gasteiger partial charge in [0.2, 0.25) is 6.41 Å². The van der Waals surface area contributed by atoms with Gasteiger partial charge in [-0.1, -0.05) is 60.7 Å². The van der Waals surface area contributed by atoms with Crippen molar-refractivity contribution in [2.45, 2.75) is 43.8 Å². The van der Waals surface area contributed by atoms with Crippen LogP contribution in [-0.2, 0) is 14.3 Å². The summed E-state index contributed by atoms with van der Waals surface area (Å²) in [5.74, 6) is 1.18. The van der Waals surface area contributed by atoms with Crippen LogP contribution in [0.1, 0.15) is 61.0 Å². The number of likely N-dealkylation sites (tertiary alicyclic amines) is 2. The predicted octanol–water partition coefficient (Wildman–Crippen LogP) is 6.03. The van der Waals surface area contributed by atoms with Crippen molar-refractivity contribution < 1.29 is 19.1 Å². The number of aromatic amines is 3. The molecule has 3 amide bonds. The number of amides is 3. The van der Waals surface area contributed by atoms with Crippen molar-refractivity contribution in [3.63, 3.8) is 0 Å². The number of benzene rings is 3. The largest absolute Gasteiger partial charge is 0.453 e. The molecule has 3 aromatic heterocycles. The quantitative estimate of drug-likeness (QED) is 0.133. The number of rotatable bonds is 9. The monoisotopic (exact) mass is 710 g/mol. The highest BCUT2D eigenvalue weighted by Gasteiger charge is 2.37. The van der Waals surface area contributed by atoms with E-state index in [0.717, 1.165) is 66.1 Å². The number of carbonyl (C=O) groups excluding carboxylic acids is 3. The lowest BCUT2D eigenvalue weighted by atomic mass is 10.0. The van der Waals surface area contributed by atoms with Gasteiger partial charge in [0.05, 0.1) is 43.0 Å². The summed E-state index contributed by atoms with van der Waals surface area (Å²) in [7, 11) is 1.27. The van der Waals surface area contributed by atoms with Crippen LogP contribution in [0.25, 0.3) is 44.7 Å². The van der Waals surface area contributed by atoms with Crippen LogP contribution in [0, 0.1) is 0 Å². The maximum Gasteiger partial charge on any atom is 0.407 e. The average Bonchev–Trinajstić information content (AvgIpc) is 4.03. The van der Waals surface area contributed by atoms with E-state index >= 15 is 0 Å². The number of hydrogen-bond acceptors (Lipinski definition) is 7. The third-order valence-electron chi connectivity index (χ3n) is 10.3. The van der Waals surface area contributed by atoms with Crippen molar-refractivity contribution in [1.82, 2.24) is 40.0 Å². The molecule has 0 spiro atoms. The van der Waals surface area contributed by atoms with E-state index in [1.165, 1.54) is 7.11 Å². The Hall–Kier alpha value is -6.50. The van der Waals surface area contributed by atoms with Gasteiger partial charge in [0.15, 0.2) is 5.43 Å². The molecule has 5 heterocycles. The molecule has 53 heavy (non-hydrogen) atoms. The molecule has 13 nitrogen and oxygen atoms in total. The molecular formula is C40H38N8O5. The zero-order chi connectivity index (χ0) is 36.5. The summed E-state index contributed by atoms with van der Waals surface area (Å²) >= 11 is 0. The maximum absolute atomic E-state index is 13.9. The van der Waals surface area contributed by atoms with E-state index < -0.39 is 12.1 Å². The molecule has 13 heteroatoms. The molecule has 268 valence electrons. The number of pyridine rings is 1. The van der Waals surface area contributed by atoms with E-state index in [-0.39, 0.29) is 23.4 Å². The number of alkyl carbamates (subject to hydrolysis) is 1. The highest BCUT2D eigenvalue weighted by molar-refractivity contribution is 5.88. The Kier molecular flexibility index (Phi) is 9.05. The molecule has 0 radical (unpaired) electrons. The van der Waals surface area contributed by atoms with Gasteiger partial charge in [0.25, 0.3) is 5.91 Å². The summed E-state index contributed by atoms with van der Waals surface area (Å²) in [5.41, 5.74) is 6.14. The zero-order valence-corrected chi connectivity index (χ0v) is 29.0. The summed E-state index contributed by atoms with van der Waals surface area (Å²) in [5, 5.41) is 3.23. The van der Waals surface area contributed by atoms with E-state index in [0.29, 0.717) is 41.0 Å². The van der Waals surface area contributed by atoms with Crippen LogP contribution in [0.3, 0.4) is 0 Å².